The molecule has 0 atom stereocenters. The van der Waals surface area contributed by atoms with Gasteiger partial charge in [-0.2, -0.15) is 0 Å². The van der Waals surface area contributed by atoms with E-state index in [1.165, 1.54) is 6.42 Å². The van der Waals surface area contributed by atoms with Crippen molar-refractivity contribution in [2.75, 3.05) is 6.54 Å². The molecule has 0 aliphatic heterocycles. The van der Waals surface area contributed by atoms with Crippen LogP contribution in [0.25, 0.3) is 0 Å². The van der Waals surface area contributed by atoms with Gasteiger partial charge >= 0.3 is 0 Å². The number of nitrogens with zero attached hydrogens (tertiary/aromatic N) is 1. The van der Waals surface area contributed by atoms with Crippen LogP contribution in [0.5, 0.6) is 0 Å². The van der Waals surface area contributed by atoms with Crippen LogP contribution in [0.4, 0.5) is 0 Å². The number of H-pyrrole nitrogens is 1. The zero-order valence-electron chi connectivity index (χ0n) is 9.57. The van der Waals surface area contributed by atoms with Crippen LogP contribution in [0.2, 0.25) is 5.15 Å². The molecule has 15 heavy (non-hydrogen) atoms. The first kappa shape index (κ1) is 12.5. The second kappa shape index (κ2) is 6.85. The predicted octanol–water partition coefficient (Wildman–Crippen LogP) is 2.91. The second-order valence-corrected chi connectivity index (χ2v) is 4.09. The maximum atomic E-state index is 6.02. The third-order valence-corrected chi connectivity index (χ3v) is 2.59. The Morgan fingerprint density at radius 2 is 2.13 bits per heavy atom. The number of aromatic nitrogens is 2. The van der Waals surface area contributed by atoms with Crippen molar-refractivity contribution in [1.29, 1.82) is 0 Å². The molecule has 0 aromatic carbocycles. The van der Waals surface area contributed by atoms with Crippen molar-refractivity contribution in [2.45, 2.75) is 46.1 Å². The molecular formula is C11H20ClN3. The van der Waals surface area contributed by atoms with Gasteiger partial charge in [0.2, 0.25) is 0 Å². The van der Waals surface area contributed by atoms with Gasteiger partial charge in [0.05, 0.1) is 5.69 Å². The van der Waals surface area contributed by atoms with E-state index in [9.17, 15) is 0 Å². The molecule has 3 nitrogen and oxygen atoms in total. The van der Waals surface area contributed by atoms with Crippen LogP contribution in [0.1, 0.15) is 44.6 Å². The molecule has 1 aromatic heterocycles. The maximum Gasteiger partial charge on any atom is 0.151 e. The van der Waals surface area contributed by atoms with Gasteiger partial charge in [-0.25, -0.2) is 4.98 Å². The van der Waals surface area contributed by atoms with Crippen LogP contribution < -0.4 is 5.32 Å². The molecule has 0 aliphatic carbocycles. The van der Waals surface area contributed by atoms with E-state index in [1.807, 2.05) is 0 Å². The average Bonchev–Trinajstić information content (AvgIpc) is 2.57. The smallest absolute Gasteiger partial charge is 0.151 e. The van der Waals surface area contributed by atoms with Gasteiger partial charge in [0.15, 0.2) is 5.15 Å². The van der Waals surface area contributed by atoms with Crippen molar-refractivity contribution >= 4 is 11.6 Å². The average molecular weight is 230 g/mol. The molecule has 0 aliphatic rings. The van der Waals surface area contributed by atoms with Gasteiger partial charge in [-0.3, -0.25) is 0 Å². The molecule has 1 rings (SSSR count). The van der Waals surface area contributed by atoms with E-state index in [1.54, 1.807) is 0 Å². The fourth-order valence-corrected chi connectivity index (χ4v) is 1.63. The highest BCUT2D eigenvalue weighted by Crippen LogP contribution is 2.13. The van der Waals surface area contributed by atoms with Gasteiger partial charge in [0.25, 0.3) is 0 Å². The third-order valence-electron chi connectivity index (χ3n) is 2.27. The number of unbranched alkanes of at least 4 members (excludes halogenated alkanes) is 1. The van der Waals surface area contributed by atoms with E-state index in [0.29, 0.717) is 5.15 Å². The summed E-state index contributed by atoms with van der Waals surface area (Å²) in [6, 6.07) is 0. The molecule has 0 unspecified atom stereocenters. The van der Waals surface area contributed by atoms with Crippen LogP contribution in [-0.4, -0.2) is 16.5 Å². The molecule has 1 aromatic rings. The van der Waals surface area contributed by atoms with Crippen molar-refractivity contribution < 1.29 is 0 Å². The zero-order valence-corrected chi connectivity index (χ0v) is 10.3. The number of hydrogen-bond donors (Lipinski definition) is 2. The number of hydrogen-bond acceptors (Lipinski definition) is 2. The highest BCUT2D eigenvalue weighted by Gasteiger charge is 2.06. The van der Waals surface area contributed by atoms with Crippen LogP contribution in [0, 0.1) is 0 Å². The van der Waals surface area contributed by atoms with E-state index in [2.05, 4.69) is 29.1 Å². The van der Waals surface area contributed by atoms with Gasteiger partial charge in [-0.1, -0.05) is 31.9 Å². The van der Waals surface area contributed by atoms with E-state index >= 15 is 0 Å². The van der Waals surface area contributed by atoms with Gasteiger partial charge in [0.1, 0.15) is 5.82 Å². The maximum absolute atomic E-state index is 6.02. The number of aryl methyl sites for hydroxylation is 1. The lowest BCUT2D eigenvalue weighted by atomic mass is 10.2. The van der Waals surface area contributed by atoms with Crippen LogP contribution in [0.3, 0.4) is 0 Å². The summed E-state index contributed by atoms with van der Waals surface area (Å²) in [6.45, 7) is 6.12. The molecule has 0 saturated carbocycles. The molecule has 1 heterocycles. The van der Waals surface area contributed by atoms with E-state index in [0.717, 1.165) is 43.9 Å². The van der Waals surface area contributed by atoms with Gasteiger partial charge in [-0.15, -0.1) is 0 Å². The van der Waals surface area contributed by atoms with E-state index in [4.69, 9.17) is 11.6 Å². The summed E-state index contributed by atoms with van der Waals surface area (Å²) in [4.78, 5) is 7.57. The molecular weight excluding hydrogens is 210 g/mol. The number of imidazole rings is 1. The van der Waals surface area contributed by atoms with Crippen molar-refractivity contribution in [3.63, 3.8) is 0 Å². The minimum Gasteiger partial charge on any atom is -0.344 e. The van der Waals surface area contributed by atoms with E-state index < -0.39 is 0 Å². The Hall–Kier alpha value is -0.540. The zero-order chi connectivity index (χ0) is 11.1. The summed E-state index contributed by atoms with van der Waals surface area (Å²) < 4.78 is 0. The Kier molecular flexibility index (Phi) is 5.73. The molecule has 0 amide bonds. The Bertz CT molecular complexity index is 283. The number of aromatic amines is 1. The predicted molar refractivity (Wildman–Crippen MR) is 64.2 cm³/mol. The van der Waals surface area contributed by atoms with Crippen LogP contribution in [0.15, 0.2) is 0 Å². The van der Waals surface area contributed by atoms with Gasteiger partial charge in [0, 0.05) is 13.0 Å². The van der Waals surface area contributed by atoms with Gasteiger partial charge in [-0.05, 0) is 19.4 Å². The summed E-state index contributed by atoms with van der Waals surface area (Å²) in [5, 5.41) is 3.92. The molecule has 4 heteroatoms. The molecule has 0 saturated heterocycles. The molecule has 0 spiro atoms. The monoisotopic (exact) mass is 229 g/mol. The third kappa shape index (κ3) is 4.22. The minimum atomic E-state index is 0.615. The Morgan fingerprint density at radius 1 is 1.33 bits per heavy atom. The van der Waals surface area contributed by atoms with Gasteiger partial charge < -0.3 is 10.3 Å². The molecule has 0 fully saturated rings. The topological polar surface area (TPSA) is 40.7 Å². The Balaban J connectivity index is 2.45. The highest BCUT2D eigenvalue weighted by atomic mass is 35.5. The largest absolute Gasteiger partial charge is 0.344 e. The summed E-state index contributed by atoms with van der Waals surface area (Å²) >= 11 is 6.02. The molecule has 2 N–H and O–H groups in total. The summed E-state index contributed by atoms with van der Waals surface area (Å²) in [5.41, 5.74) is 1.01. The Morgan fingerprint density at radius 3 is 2.80 bits per heavy atom. The summed E-state index contributed by atoms with van der Waals surface area (Å²) in [7, 11) is 0. The standard InChI is InChI=1S/C11H20ClN3/c1-3-5-6-10-14-9(11(12)15-10)8-13-7-4-2/h13H,3-8H2,1-2H3,(H,14,15). The van der Waals surface area contributed by atoms with E-state index in [-0.39, 0.29) is 0 Å². The van der Waals surface area contributed by atoms with Crippen molar-refractivity contribution in [2.24, 2.45) is 0 Å². The quantitative estimate of drug-likeness (QED) is 0.706. The minimum absolute atomic E-state index is 0.615. The van der Waals surface area contributed by atoms with Crippen LogP contribution in [-0.2, 0) is 13.0 Å². The number of rotatable bonds is 7. The van der Waals surface area contributed by atoms with Crippen molar-refractivity contribution in [1.82, 2.24) is 15.3 Å². The number of nitrogens with one attached hydrogen (secondary N) is 2. The second-order valence-electron chi connectivity index (χ2n) is 3.73. The molecule has 0 bridgehead atoms. The van der Waals surface area contributed by atoms with Crippen LogP contribution >= 0.6 is 11.6 Å². The summed E-state index contributed by atoms with van der Waals surface area (Å²) in [6.07, 6.45) is 4.46. The van der Waals surface area contributed by atoms with Crippen molar-refractivity contribution in [3.05, 3.63) is 16.7 Å². The fraction of sp³-hybridized carbons (Fsp3) is 0.727. The Labute approximate surface area is 96.6 Å². The lowest BCUT2D eigenvalue weighted by Crippen LogP contribution is -2.14. The summed E-state index contributed by atoms with van der Waals surface area (Å²) in [5.74, 6) is 1.01. The normalized spacial score (nSPS) is 10.9. The molecule has 86 valence electrons. The lowest BCUT2D eigenvalue weighted by Gasteiger charge is -2.00. The first-order valence-electron chi connectivity index (χ1n) is 5.71. The molecule has 0 radical (unpaired) electrons. The SMILES string of the molecule is CCCCc1nc(Cl)c(CNCCC)[nH]1. The lowest BCUT2D eigenvalue weighted by molar-refractivity contribution is 0.664. The number of halogens is 1. The highest BCUT2D eigenvalue weighted by molar-refractivity contribution is 6.30. The first-order valence-corrected chi connectivity index (χ1v) is 6.09. The fourth-order valence-electron chi connectivity index (χ4n) is 1.41. The van der Waals surface area contributed by atoms with Crippen molar-refractivity contribution in [3.8, 4) is 0 Å². The first-order chi connectivity index (χ1) is 7.27.